The first-order valence-electron chi connectivity index (χ1n) is 4.43. The number of rotatable bonds is 1. The minimum Gasteiger partial charge on any atom is -0.387 e. The fourth-order valence-corrected chi connectivity index (χ4v) is 0. The Morgan fingerprint density at radius 3 is 0.833 bits per heavy atom. The molecule has 0 aliphatic rings. The molecule has 0 aliphatic carbocycles. The van der Waals surface area contributed by atoms with Crippen molar-refractivity contribution in [1.82, 2.24) is 0 Å². The Hall–Kier alpha value is -0.0800. The molecular weight excluding hydrogens is 152 g/mol. The molecule has 2 heteroatoms. The van der Waals surface area contributed by atoms with E-state index in [9.17, 15) is 0 Å². The van der Waals surface area contributed by atoms with Crippen molar-refractivity contribution in [3.8, 4) is 0 Å². The molecule has 12 heavy (non-hydrogen) atoms. The maximum atomic E-state index is 9.10. The fraction of sp³-hybridized carbons (Fsp3) is 1.00. The zero-order chi connectivity index (χ0) is 10.6. The molecule has 0 amide bonds. The van der Waals surface area contributed by atoms with Crippen LogP contribution in [0, 0.1) is 5.92 Å². The van der Waals surface area contributed by atoms with Crippen LogP contribution in [0.3, 0.4) is 0 Å². The first-order valence-corrected chi connectivity index (χ1v) is 4.43. The van der Waals surface area contributed by atoms with E-state index < -0.39 is 11.2 Å². The lowest BCUT2D eigenvalue weighted by Gasteiger charge is -2.31. The summed E-state index contributed by atoms with van der Waals surface area (Å²) in [5.41, 5.74) is -2.01. The van der Waals surface area contributed by atoms with Gasteiger partial charge in [-0.15, -0.1) is 0 Å². The van der Waals surface area contributed by atoms with E-state index in [1.165, 1.54) is 0 Å². The van der Waals surface area contributed by atoms with Crippen LogP contribution in [-0.2, 0) is 0 Å². The van der Waals surface area contributed by atoms with Crippen LogP contribution in [0.4, 0.5) is 0 Å². The van der Waals surface area contributed by atoms with Gasteiger partial charge in [0.05, 0.1) is 11.2 Å². The van der Waals surface area contributed by atoms with Gasteiger partial charge in [-0.05, 0) is 33.6 Å². The normalized spacial score (nSPS) is 12.5. The van der Waals surface area contributed by atoms with Crippen molar-refractivity contribution >= 4 is 0 Å². The topological polar surface area (TPSA) is 40.5 Å². The Labute approximate surface area is 76.6 Å². The van der Waals surface area contributed by atoms with Gasteiger partial charge in [0.25, 0.3) is 0 Å². The molecule has 0 heterocycles. The Bertz CT molecular complexity index is 89.2. The van der Waals surface area contributed by atoms with Gasteiger partial charge in [-0.25, -0.2) is 0 Å². The Balaban J connectivity index is 0. The van der Waals surface area contributed by atoms with Crippen LogP contribution in [0.5, 0.6) is 0 Å². The molecule has 0 saturated heterocycles. The van der Waals surface area contributed by atoms with Gasteiger partial charge in [-0.1, -0.05) is 20.8 Å². The third-order valence-electron chi connectivity index (χ3n) is 1.50. The number of hydrogen-bond acceptors (Lipinski definition) is 2. The molecule has 0 aromatic heterocycles. The lowest BCUT2D eigenvalue weighted by Crippen LogP contribution is -2.44. The van der Waals surface area contributed by atoms with Crippen LogP contribution in [0.1, 0.15) is 48.5 Å². The maximum absolute atomic E-state index is 9.10. The van der Waals surface area contributed by atoms with Crippen molar-refractivity contribution in [2.75, 3.05) is 0 Å². The van der Waals surface area contributed by atoms with E-state index in [1.807, 2.05) is 0 Å². The Morgan fingerprint density at radius 1 is 0.750 bits per heavy atom. The standard InChI is InChI=1S/C6H14O2.C4H10/c1-5(2,7)6(3,4)8;1-4(2)3/h7-8H,1-4H3;4H,1-3H3. The van der Waals surface area contributed by atoms with E-state index >= 15 is 0 Å². The van der Waals surface area contributed by atoms with E-state index in [0.717, 1.165) is 5.92 Å². The van der Waals surface area contributed by atoms with Crippen molar-refractivity contribution in [3.05, 3.63) is 0 Å². The first kappa shape index (κ1) is 14.4. The van der Waals surface area contributed by atoms with Crippen molar-refractivity contribution in [2.24, 2.45) is 5.92 Å². The van der Waals surface area contributed by atoms with Gasteiger partial charge in [-0.2, -0.15) is 0 Å². The van der Waals surface area contributed by atoms with E-state index in [-0.39, 0.29) is 0 Å². The molecular formula is C10H24O2. The Morgan fingerprint density at radius 2 is 0.833 bits per heavy atom. The van der Waals surface area contributed by atoms with Gasteiger partial charge in [0.15, 0.2) is 0 Å². The lowest BCUT2D eigenvalue weighted by molar-refractivity contribution is -0.107. The van der Waals surface area contributed by atoms with Crippen LogP contribution in [0.2, 0.25) is 0 Å². The summed E-state index contributed by atoms with van der Waals surface area (Å²) in [5, 5.41) is 18.2. The second kappa shape index (κ2) is 4.83. The average molecular weight is 176 g/mol. The van der Waals surface area contributed by atoms with Gasteiger partial charge in [0.2, 0.25) is 0 Å². The summed E-state index contributed by atoms with van der Waals surface area (Å²) in [6.45, 7) is 12.8. The zero-order valence-corrected chi connectivity index (χ0v) is 9.47. The van der Waals surface area contributed by atoms with Crippen molar-refractivity contribution in [1.29, 1.82) is 0 Å². The second-order valence-corrected chi connectivity index (χ2v) is 4.85. The maximum Gasteiger partial charge on any atom is 0.0872 e. The molecule has 0 radical (unpaired) electrons. The second-order valence-electron chi connectivity index (χ2n) is 4.85. The van der Waals surface area contributed by atoms with Crippen molar-refractivity contribution in [2.45, 2.75) is 59.7 Å². The molecule has 76 valence electrons. The monoisotopic (exact) mass is 176 g/mol. The summed E-state index contributed by atoms with van der Waals surface area (Å²) >= 11 is 0. The van der Waals surface area contributed by atoms with Crippen LogP contribution in [0.15, 0.2) is 0 Å². The summed E-state index contributed by atoms with van der Waals surface area (Å²) < 4.78 is 0. The lowest BCUT2D eigenvalue weighted by atomic mass is 9.90. The predicted octanol–water partition coefficient (Wildman–Crippen LogP) is 2.19. The molecule has 0 rings (SSSR count). The van der Waals surface area contributed by atoms with E-state index in [0.29, 0.717) is 0 Å². The SMILES string of the molecule is CC(C)(O)C(C)(C)O.CC(C)C. The molecule has 0 unspecified atom stereocenters. The fourth-order valence-electron chi connectivity index (χ4n) is 0. The third kappa shape index (κ3) is 9.92. The highest BCUT2D eigenvalue weighted by molar-refractivity contribution is 4.84. The summed E-state index contributed by atoms with van der Waals surface area (Å²) in [4.78, 5) is 0. The van der Waals surface area contributed by atoms with Gasteiger partial charge in [-0.3, -0.25) is 0 Å². The zero-order valence-electron chi connectivity index (χ0n) is 9.47. The predicted molar refractivity (Wildman–Crippen MR) is 53.1 cm³/mol. The molecule has 2 nitrogen and oxygen atoms in total. The Kier molecular flexibility index (Phi) is 5.81. The van der Waals surface area contributed by atoms with E-state index in [4.69, 9.17) is 10.2 Å². The summed E-state index contributed by atoms with van der Waals surface area (Å²) in [6, 6.07) is 0. The molecule has 0 aliphatic heterocycles. The minimum atomic E-state index is -1.01. The smallest absolute Gasteiger partial charge is 0.0872 e. The van der Waals surface area contributed by atoms with Crippen LogP contribution >= 0.6 is 0 Å². The molecule has 0 bridgehead atoms. The van der Waals surface area contributed by atoms with Crippen molar-refractivity contribution in [3.63, 3.8) is 0 Å². The molecule has 2 N–H and O–H groups in total. The summed E-state index contributed by atoms with van der Waals surface area (Å²) in [6.07, 6.45) is 0. The summed E-state index contributed by atoms with van der Waals surface area (Å²) in [7, 11) is 0. The summed E-state index contributed by atoms with van der Waals surface area (Å²) in [5.74, 6) is 0.833. The molecule has 0 saturated carbocycles. The first-order chi connectivity index (χ1) is 4.98. The third-order valence-corrected chi connectivity index (χ3v) is 1.50. The molecule has 0 atom stereocenters. The van der Waals surface area contributed by atoms with Gasteiger partial charge >= 0.3 is 0 Å². The van der Waals surface area contributed by atoms with Crippen LogP contribution in [0.25, 0.3) is 0 Å². The number of aliphatic hydroxyl groups is 2. The van der Waals surface area contributed by atoms with Crippen molar-refractivity contribution < 1.29 is 10.2 Å². The molecule has 0 aromatic rings. The largest absolute Gasteiger partial charge is 0.387 e. The molecule has 0 aromatic carbocycles. The van der Waals surface area contributed by atoms with Gasteiger partial charge in [0.1, 0.15) is 0 Å². The quantitative estimate of drug-likeness (QED) is 0.643. The highest BCUT2D eigenvalue weighted by atomic mass is 16.3. The number of hydrogen-bond donors (Lipinski definition) is 2. The van der Waals surface area contributed by atoms with E-state index in [2.05, 4.69) is 20.8 Å². The van der Waals surface area contributed by atoms with Gasteiger partial charge in [0, 0.05) is 0 Å². The van der Waals surface area contributed by atoms with Crippen LogP contribution < -0.4 is 0 Å². The van der Waals surface area contributed by atoms with E-state index in [1.54, 1.807) is 27.7 Å². The average Bonchev–Trinajstić information content (AvgIpc) is 1.55. The van der Waals surface area contributed by atoms with Gasteiger partial charge < -0.3 is 10.2 Å². The highest BCUT2D eigenvalue weighted by Crippen LogP contribution is 2.19. The minimum absolute atomic E-state index is 0.833. The van der Waals surface area contributed by atoms with Crippen LogP contribution in [-0.4, -0.2) is 21.4 Å². The molecule has 0 fully saturated rings. The molecule has 0 spiro atoms. The highest BCUT2D eigenvalue weighted by Gasteiger charge is 2.31.